The topological polar surface area (TPSA) is 108 Å². The van der Waals surface area contributed by atoms with Gasteiger partial charge >= 0.3 is 0 Å². The van der Waals surface area contributed by atoms with Gasteiger partial charge in [-0.15, -0.1) is 0 Å². The van der Waals surface area contributed by atoms with Gasteiger partial charge in [-0.3, -0.25) is 4.79 Å². The number of carbonyl (C=O) groups excluding carboxylic acids is 1. The minimum Gasteiger partial charge on any atom is -0.497 e. The van der Waals surface area contributed by atoms with Crippen molar-refractivity contribution in [3.63, 3.8) is 0 Å². The summed E-state index contributed by atoms with van der Waals surface area (Å²) in [5.41, 5.74) is 1.67. The van der Waals surface area contributed by atoms with Gasteiger partial charge in [0.2, 0.25) is 5.90 Å². The number of rotatable bonds is 14. The van der Waals surface area contributed by atoms with E-state index in [-0.39, 0.29) is 25.5 Å². The Labute approximate surface area is 277 Å². The zero-order valence-corrected chi connectivity index (χ0v) is 27.6. The highest BCUT2D eigenvalue weighted by Crippen LogP contribution is 2.44. The molecule has 4 aromatic rings. The van der Waals surface area contributed by atoms with Crippen LogP contribution >= 0.6 is 15.9 Å². The van der Waals surface area contributed by atoms with Crippen LogP contribution < -0.4 is 24.3 Å². The molecule has 1 heterocycles. The Kier molecular flexibility index (Phi) is 10.8. The van der Waals surface area contributed by atoms with Gasteiger partial charge in [-0.05, 0) is 59.7 Å². The number of halogens is 1. The SMILES string of the molecule is COc1cccc([C@H]2OC(c3ccc(OCCCO)cc3)=N[C@@]2(Cc2ccccc2Br)C(=O)NCc2cccc(OC)c2OC)c1. The first-order valence-electron chi connectivity index (χ1n) is 14.9. The van der Waals surface area contributed by atoms with Crippen LogP contribution in [0.5, 0.6) is 23.0 Å². The van der Waals surface area contributed by atoms with Crippen molar-refractivity contribution in [2.24, 2.45) is 4.99 Å². The minimum absolute atomic E-state index is 0.0562. The van der Waals surface area contributed by atoms with E-state index in [1.165, 1.54) is 0 Å². The maximum atomic E-state index is 14.7. The van der Waals surface area contributed by atoms with Crippen molar-refractivity contribution in [2.75, 3.05) is 34.5 Å². The number of hydrogen-bond acceptors (Lipinski definition) is 8. The number of carbonyl (C=O) groups is 1. The van der Waals surface area contributed by atoms with E-state index in [4.69, 9.17) is 33.8 Å². The lowest BCUT2D eigenvalue weighted by Gasteiger charge is -2.31. The molecule has 10 heteroatoms. The zero-order valence-electron chi connectivity index (χ0n) is 26.0. The smallest absolute Gasteiger partial charge is 0.252 e. The molecule has 240 valence electrons. The number of ether oxygens (including phenoxy) is 5. The average Bonchev–Trinajstić information content (AvgIpc) is 3.48. The molecular weight excluding hydrogens is 652 g/mol. The van der Waals surface area contributed by atoms with Crippen LogP contribution in [0.4, 0.5) is 0 Å². The highest BCUT2D eigenvalue weighted by molar-refractivity contribution is 9.10. The van der Waals surface area contributed by atoms with Crippen LogP contribution in [-0.4, -0.2) is 57.0 Å². The fourth-order valence-corrected chi connectivity index (χ4v) is 5.87. The lowest BCUT2D eigenvalue weighted by atomic mass is 9.82. The molecule has 4 aromatic carbocycles. The van der Waals surface area contributed by atoms with E-state index in [2.05, 4.69) is 21.2 Å². The number of methoxy groups -OCH3 is 3. The van der Waals surface area contributed by atoms with E-state index in [9.17, 15) is 4.79 Å². The first-order valence-corrected chi connectivity index (χ1v) is 15.7. The van der Waals surface area contributed by atoms with Gasteiger partial charge in [-0.2, -0.15) is 0 Å². The molecular formula is C36H37BrN2O7. The standard InChI is InChI=1S/C36H37BrN2O7/c1-42-29-12-6-10-25(21-29)33-36(22-26-9-4-5-13-30(26)37,35(41)38-23-27-11-7-14-31(43-2)32(27)44-3)39-34(46-33)24-15-17-28(18-16-24)45-20-8-19-40/h4-7,9-18,21,33,40H,8,19-20,22-23H2,1-3H3,(H,38,41)/t33-,36-/m1/s1. The van der Waals surface area contributed by atoms with Crippen LogP contribution in [0.1, 0.15) is 34.8 Å². The Balaban J connectivity index is 1.59. The first kappa shape index (κ1) is 32.8. The summed E-state index contributed by atoms with van der Waals surface area (Å²) in [4.78, 5) is 19.8. The number of hydrogen-bond donors (Lipinski definition) is 2. The minimum atomic E-state index is -1.41. The van der Waals surface area contributed by atoms with E-state index in [0.29, 0.717) is 47.5 Å². The van der Waals surface area contributed by atoms with E-state index in [1.54, 1.807) is 21.3 Å². The Morgan fingerprint density at radius 3 is 2.39 bits per heavy atom. The lowest BCUT2D eigenvalue weighted by molar-refractivity contribution is -0.129. The molecule has 0 aromatic heterocycles. The third-order valence-electron chi connectivity index (χ3n) is 7.77. The Morgan fingerprint density at radius 1 is 0.913 bits per heavy atom. The summed E-state index contributed by atoms with van der Waals surface area (Å²) in [6, 6.07) is 28.2. The number of aliphatic hydroxyl groups excluding tert-OH is 1. The monoisotopic (exact) mass is 688 g/mol. The number of para-hydroxylation sites is 1. The van der Waals surface area contributed by atoms with Crippen molar-refractivity contribution in [1.82, 2.24) is 5.32 Å². The normalized spacial score (nSPS) is 17.1. The molecule has 0 saturated carbocycles. The van der Waals surface area contributed by atoms with Crippen molar-refractivity contribution in [3.05, 3.63) is 118 Å². The Hall–Kier alpha value is -4.54. The molecule has 2 N–H and O–H groups in total. The van der Waals surface area contributed by atoms with Crippen LogP contribution in [0.2, 0.25) is 0 Å². The molecule has 0 aliphatic carbocycles. The summed E-state index contributed by atoms with van der Waals surface area (Å²) in [6.45, 7) is 0.631. The second kappa shape index (κ2) is 15.2. The summed E-state index contributed by atoms with van der Waals surface area (Å²) < 4.78 is 29.9. The number of aliphatic imine (C=N–C) groups is 1. The number of nitrogens with zero attached hydrogens (tertiary/aromatic N) is 1. The van der Waals surface area contributed by atoms with Crippen molar-refractivity contribution in [3.8, 4) is 23.0 Å². The predicted octanol–water partition coefficient (Wildman–Crippen LogP) is 6.05. The van der Waals surface area contributed by atoms with E-state index in [1.807, 2.05) is 91.0 Å². The summed E-state index contributed by atoms with van der Waals surface area (Å²) in [5, 5.41) is 12.2. The molecule has 0 radical (unpaired) electrons. The molecule has 0 fully saturated rings. The number of amides is 1. The molecule has 2 atom stereocenters. The molecule has 9 nitrogen and oxygen atoms in total. The maximum absolute atomic E-state index is 14.7. The van der Waals surface area contributed by atoms with Crippen LogP contribution in [0.3, 0.4) is 0 Å². The highest BCUT2D eigenvalue weighted by Gasteiger charge is 2.53. The maximum Gasteiger partial charge on any atom is 0.252 e. The van der Waals surface area contributed by atoms with Crippen molar-refractivity contribution in [2.45, 2.75) is 31.0 Å². The second-order valence-electron chi connectivity index (χ2n) is 10.7. The van der Waals surface area contributed by atoms with Gasteiger partial charge in [-0.25, -0.2) is 4.99 Å². The third-order valence-corrected chi connectivity index (χ3v) is 8.54. The number of nitrogens with one attached hydrogen (secondary N) is 1. The molecule has 1 aliphatic rings. The van der Waals surface area contributed by atoms with Crippen LogP contribution in [0.25, 0.3) is 0 Å². The van der Waals surface area contributed by atoms with Gasteiger partial charge in [0.1, 0.15) is 11.5 Å². The molecule has 46 heavy (non-hydrogen) atoms. The molecule has 1 amide bonds. The van der Waals surface area contributed by atoms with Gasteiger partial charge in [0, 0.05) is 41.6 Å². The predicted molar refractivity (Wildman–Crippen MR) is 179 cm³/mol. The van der Waals surface area contributed by atoms with Crippen molar-refractivity contribution >= 4 is 27.7 Å². The van der Waals surface area contributed by atoms with E-state index < -0.39 is 11.6 Å². The molecule has 0 unspecified atom stereocenters. The summed E-state index contributed by atoms with van der Waals surface area (Å²) >= 11 is 3.68. The largest absolute Gasteiger partial charge is 0.497 e. The molecule has 0 bridgehead atoms. The zero-order chi connectivity index (χ0) is 32.5. The average molecular weight is 690 g/mol. The fourth-order valence-electron chi connectivity index (χ4n) is 5.44. The lowest BCUT2D eigenvalue weighted by Crippen LogP contribution is -2.49. The van der Waals surface area contributed by atoms with Crippen molar-refractivity contribution in [1.29, 1.82) is 0 Å². The quantitative estimate of drug-likeness (QED) is 0.155. The number of benzene rings is 4. The van der Waals surface area contributed by atoms with Crippen LogP contribution in [0, 0.1) is 0 Å². The summed E-state index contributed by atoms with van der Waals surface area (Å²) in [6.07, 6.45) is -0.0189. The molecule has 0 spiro atoms. The van der Waals surface area contributed by atoms with Gasteiger partial charge < -0.3 is 34.1 Å². The second-order valence-corrected chi connectivity index (χ2v) is 11.5. The van der Waals surface area contributed by atoms with Crippen LogP contribution in [-0.2, 0) is 22.5 Å². The van der Waals surface area contributed by atoms with Gasteiger partial charge in [0.05, 0.1) is 27.9 Å². The van der Waals surface area contributed by atoms with E-state index >= 15 is 0 Å². The highest BCUT2D eigenvalue weighted by atomic mass is 79.9. The van der Waals surface area contributed by atoms with Gasteiger partial charge in [0.15, 0.2) is 23.1 Å². The van der Waals surface area contributed by atoms with Crippen molar-refractivity contribution < 1.29 is 33.6 Å². The fraction of sp³-hybridized carbons (Fsp3) is 0.278. The molecule has 1 aliphatic heterocycles. The summed E-state index contributed by atoms with van der Waals surface area (Å²) in [5.74, 6) is 2.41. The molecule has 5 rings (SSSR count). The van der Waals surface area contributed by atoms with Gasteiger partial charge in [-0.1, -0.05) is 58.4 Å². The third kappa shape index (κ3) is 7.13. The van der Waals surface area contributed by atoms with Gasteiger partial charge in [0.25, 0.3) is 5.91 Å². The summed E-state index contributed by atoms with van der Waals surface area (Å²) in [7, 11) is 4.75. The number of aliphatic hydroxyl groups is 1. The Morgan fingerprint density at radius 2 is 1.67 bits per heavy atom. The van der Waals surface area contributed by atoms with Crippen LogP contribution in [0.15, 0.2) is 100 Å². The first-order chi connectivity index (χ1) is 22.4. The Bertz CT molecular complexity index is 1680. The van der Waals surface area contributed by atoms with E-state index in [0.717, 1.165) is 21.2 Å². The molecule has 0 saturated heterocycles.